The molecule has 0 atom stereocenters. The molecule has 0 fully saturated rings. The van der Waals surface area contributed by atoms with Crippen molar-refractivity contribution >= 4 is 60.7 Å². The van der Waals surface area contributed by atoms with Crippen molar-refractivity contribution in [2.75, 3.05) is 4.90 Å². The SMILES string of the molecule is c1ccc(-c2ccc(N(c3ccc(-c4cc5nc(-c6ccccc6)oc5c5ccccc45)cc3)c3ccc4c(c3)c3ccccc3n4-c3ccccc3)cc2)cc1. The molecule has 0 aliphatic heterocycles. The van der Waals surface area contributed by atoms with Crippen LogP contribution in [-0.2, 0) is 0 Å². The minimum Gasteiger partial charge on any atom is -0.435 e. The highest BCUT2D eigenvalue weighted by Gasteiger charge is 2.19. The van der Waals surface area contributed by atoms with Crippen molar-refractivity contribution in [3.05, 3.63) is 212 Å². The normalized spacial score (nSPS) is 11.5. The number of nitrogens with zero attached hydrogens (tertiary/aromatic N) is 3. The van der Waals surface area contributed by atoms with Gasteiger partial charge in [0.25, 0.3) is 0 Å². The standard InChI is InChI=1S/C53H35N3O/c1-4-14-36(15-5-1)37-24-28-41(29-25-37)55(43-32-33-51-48(34-43)45-21-12-13-23-50(45)56(51)40-18-8-3-9-19-40)42-30-26-38(27-31-42)47-35-49-52(46-22-11-10-20-44(46)47)57-53(54-49)39-16-6-2-7-17-39/h1-35H. The van der Waals surface area contributed by atoms with Crippen LogP contribution in [0.15, 0.2) is 217 Å². The molecule has 57 heavy (non-hydrogen) atoms. The number of para-hydroxylation sites is 2. The number of fused-ring (bicyclic) bond motifs is 6. The summed E-state index contributed by atoms with van der Waals surface area (Å²) in [6.45, 7) is 0. The van der Waals surface area contributed by atoms with Crippen molar-refractivity contribution in [3.63, 3.8) is 0 Å². The Morgan fingerprint density at radius 2 is 0.912 bits per heavy atom. The van der Waals surface area contributed by atoms with Crippen molar-refractivity contribution in [3.8, 4) is 39.4 Å². The molecule has 0 saturated carbocycles. The van der Waals surface area contributed by atoms with Gasteiger partial charge in [-0.3, -0.25) is 0 Å². The highest BCUT2D eigenvalue weighted by molar-refractivity contribution is 6.12. The van der Waals surface area contributed by atoms with Crippen LogP contribution < -0.4 is 4.90 Å². The van der Waals surface area contributed by atoms with E-state index in [9.17, 15) is 0 Å². The van der Waals surface area contributed by atoms with Crippen LogP contribution in [0.1, 0.15) is 0 Å². The summed E-state index contributed by atoms with van der Waals surface area (Å²) in [6, 6.07) is 75.2. The number of hydrogen-bond donors (Lipinski definition) is 0. The van der Waals surface area contributed by atoms with Crippen molar-refractivity contribution in [1.82, 2.24) is 9.55 Å². The lowest BCUT2D eigenvalue weighted by Gasteiger charge is -2.26. The first-order valence-corrected chi connectivity index (χ1v) is 19.3. The fourth-order valence-electron chi connectivity index (χ4n) is 8.32. The summed E-state index contributed by atoms with van der Waals surface area (Å²) >= 11 is 0. The zero-order valence-electron chi connectivity index (χ0n) is 31.0. The molecule has 11 aromatic rings. The molecule has 4 heteroatoms. The molecule has 0 amide bonds. The molecule has 0 N–H and O–H groups in total. The maximum atomic E-state index is 6.41. The third-order valence-electron chi connectivity index (χ3n) is 11.0. The van der Waals surface area contributed by atoms with Crippen LogP contribution in [0.2, 0.25) is 0 Å². The first-order chi connectivity index (χ1) is 28.3. The van der Waals surface area contributed by atoms with E-state index in [1.807, 2.05) is 30.3 Å². The van der Waals surface area contributed by atoms with Gasteiger partial charge < -0.3 is 13.9 Å². The number of anilines is 3. The van der Waals surface area contributed by atoms with E-state index in [0.29, 0.717) is 5.89 Å². The third-order valence-corrected chi connectivity index (χ3v) is 11.0. The molecule has 0 bridgehead atoms. The number of oxazole rings is 1. The first-order valence-electron chi connectivity index (χ1n) is 19.3. The topological polar surface area (TPSA) is 34.2 Å². The van der Waals surface area contributed by atoms with E-state index in [-0.39, 0.29) is 0 Å². The number of aromatic nitrogens is 2. The molecule has 9 aromatic carbocycles. The summed E-state index contributed by atoms with van der Waals surface area (Å²) in [4.78, 5) is 7.32. The summed E-state index contributed by atoms with van der Waals surface area (Å²) in [5.74, 6) is 0.626. The van der Waals surface area contributed by atoms with Gasteiger partial charge in [-0.05, 0) is 107 Å². The maximum Gasteiger partial charge on any atom is 0.227 e. The fourth-order valence-corrected chi connectivity index (χ4v) is 8.32. The molecule has 2 aromatic heterocycles. The summed E-state index contributed by atoms with van der Waals surface area (Å²) < 4.78 is 8.77. The number of hydrogen-bond acceptors (Lipinski definition) is 3. The highest BCUT2D eigenvalue weighted by atomic mass is 16.3. The van der Waals surface area contributed by atoms with E-state index in [2.05, 4.69) is 191 Å². The third kappa shape index (κ3) is 5.66. The van der Waals surface area contributed by atoms with Crippen molar-refractivity contribution in [2.24, 2.45) is 0 Å². The van der Waals surface area contributed by atoms with Gasteiger partial charge in [0.05, 0.1) is 11.0 Å². The Labute approximate surface area is 330 Å². The molecule has 0 radical (unpaired) electrons. The van der Waals surface area contributed by atoms with Crippen LogP contribution in [-0.4, -0.2) is 9.55 Å². The molecule has 2 heterocycles. The Morgan fingerprint density at radius 1 is 0.386 bits per heavy atom. The minimum atomic E-state index is 0.626. The van der Waals surface area contributed by atoms with Crippen LogP contribution in [0, 0.1) is 0 Å². The molecular weight excluding hydrogens is 695 g/mol. The van der Waals surface area contributed by atoms with Gasteiger partial charge in [-0.15, -0.1) is 0 Å². The molecule has 268 valence electrons. The molecule has 4 nitrogen and oxygen atoms in total. The Hall–Kier alpha value is -7.69. The van der Waals surface area contributed by atoms with Crippen molar-refractivity contribution < 1.29 is 4.42 Å². The van der Waals surface area contributed by atoms with E-state index in [0.717, 1.165) is 61.3 Å². The first kappa shape index (κ1) is 32.7. The second-order valence-corrected chi connectivity index (χ2v) is 14.4. The Balaban J connectivity index is 1.05. The van der Waals surface area contributed by atoms with Gasteiger partial charge in [-0.1, -0.05) is 133 Å². The summed E-state index contributed by atoms with van der Waals surface area (Å²) in [5.41, 5.74) is 14.0. The molecule has 0 spiro atoms. The monoisotopic (exact) mass is 729 g/mol. The lowest BCUT2D eigenvalue weighted by atomic mass is 9.97. The number of rotatable bonds is 7. The quantitative estimate of drug-likeness (QED) is 0.164. The molecule has 0 unspecified atom stereocenters. The largest absolute Gasteiger partial charge is 0.435 e. The predicted octanol–water partition coefficient (Wildman–Crippen LogP) is 14.5. The Kier molecular flexibility index (Phi) is 7.78. The van der Waals surface area contributed by atoms with Gasteiger partial charge >= 0.3 is 0 Å². The summed E-state index contributed by atoms with van der Waals surface area (Å²) in [7, 11) is 0. The van der Waals surface area contributed by atoms with E-state index in [1.165, 1.54) is 32.9 Å². The van der Waals surface area contributed by atoms with Gasteiger partial charge in [-0.2, -0.15) is 0 Å². The molecule has 11 rings (SSSR count). The summed E-state index contributed by atoms with van der Waals surface area (Å²) in [5, 5.41) is 4.60. The fraction of sp³-hybridized carbons (Fsp3) is 0. The van der Waals surface area contributed by atoms with E-state index in [4.69, 9.17) is 9.40 Å². The second kappa shape index (κ2) is 13.6. The predicted molar refractivity (Wildman–Crippen MR) is 237 cm³/mol. The lowest BCUT2D eigenvalue weighted by molar-refractivity contribution is 0.623. The summed E-state index contributed by atoms with van der Waals surface area (Å²) in [6.07, 6.45) is 0. The lowest BCUT2D eigenvalue weighted by Crippen LogP contribution is -2.10. The molecule has 0 aliphatic rings. The van der Waals surface area contributed by atoms with Crippen LogP contribution in [0.4, 0.5) is 17.1 Å². The van der Waals surface area contributed by atoms with Crippen LogP contribution in [0.25, 0.3) is 83.1 Å². The van der Waals surface area contributed by atoms with Gasteiger partial charge in [0.2, 0.25) is 5.89 Å². The minimum absolute atomic E-state index is 0.626. The molecular formula is C53H35N3O. The van der Waals surface area contributed by atoms with Gasteiger partial charge in [0.15, 0.2) is 5.58 Å². The second-order valence-electron chi connectivity index (χ2n) is 14.4. The van der Waals surface area contributed by atoms with Crippen molar-refractivity contribution in [1.29, 1.82) is 0 Å². The van der Waals surface area contributed by atoms with Crippen LogP contribution >= 0.6 is 0 Å². The highest BCUT2D eigenvalue weighted by Crippen LogP contribution is 2.42. The van der Waals surface area contributed by atoms with Crippen LogP contribution in [0.3, 0.4) is 0 Å². The van der Waals surface area contributed by atoms with E-state index < -0.39 is 0 Å². The number of benzene rings is 9. The zero-order chi connectivity index (χ0) is 37.7. The van der Waals surface area contributed by atoms with E-state index >= 15 is 0 Å². The maximum absolute atomic E-state index is 6.41. The smallest absolute Gasteiger partial charge is 0.227 e. The van der Waals surface area contributed by atoms with Crippen molar-refractivity contribution in [2.45, 2.75) is 0 Å². The molecule has 0 saturated heterocycles. The van der Waals surface area contributed by atoms with Gasteiger partial charge in [0.1, 0.15) is 5.52 Å². The molecule has 0 aliphatic carbocycles. The Bertz CT molecular complexity index is 3200. The average molecular weight is 730 g/mol. The van der Waals surface area contributed by atoms with Crippen LogP contribution in [0.5, 0.6) is 0 Å². The average Bonchev–Trinajstić information content (AvgIpc) is 3.87. The van der Waals surface area contributed by atoms with Gasteiger partial charge in [0, 0.05) is 44.5 Å². The zero-order valence-corrected chi connectivity index (χ0v) is 31.0. The van der Waals surface area contributed by atoms with Gasteiger partial charge in [-0.25, -0.2) is 4.98 Å². The van der Waals surface area contributed by atoms with E-state index in [1.54, 1.807) is 0 Å². The Morgan fingerprint density at radius 3 is 1.61 bits per heavy atom.